The van der Waals surface area contributed by atoms with Gasteiger partial charge in [0.05, 0.1) is 0 Å². The normalized spacial score (nSPS) is 28.9. The van der Waals surface area contributed by atoms with E-state index in [4.69, 9.17) is 0 Å². The molecular formula is C12H24N2O. The van der Waals surface area contributed by atoms with Crippen molar-refractivity contribution in [3.8, 4) is 0 Å². The van der Waals surface area contributed by atoms with Crippen molar-refractivity contribution in [3.63, 3.8) is 0 Å². The Morgan fingerprint density at radius 1 is 1.53 bits per heavy atom. The maximum absolute atomic E-state index is 12.1. The molecule has 3 atom stereocenters. The number of carbonyl (C=O) groups is 1. The molecule has 1 rings (SSSR count). The molecule has 0 aromatic rings. The molecule has 1 saturated heterocycles. The number of nitrogens with one attached hydrogen (secondary N) is 1. The number of piperazine rings is 1. The highest BCUT2D eigenvalue weighted by Gasteiger charge is 2.29. The van der Waals surface area contributed by atoms with Gasteiger partial charge in [-0.3, -0.25) is 4.79 Å². The van der Waals surface area contributed by atoms with Gasteiger partial charge in [-0.25, -0.2) is 0 Å². The number of hydrogen-bond acceptors (Lipinski definition) is 2. The van der Waals surface area contributed by atoms with Crippen LogP contribution in [0, 0.1) is 5.92 Å². The smallest absolute Gasteiger partial charge is 0.225 e. The maximum atomic E-state index is 12.1. The summed E-state index contributed by atoms with van der Waals surface area (Å²) in [6.45, 7) is 10.2. The molecule has 0 aliphatic carbocycles. The van der Waals surface area contributed by atoms with Gasteiger partial charge in [0.2, 0.25) is 5.91 Å². The molecule has 88 valence electrons. The molecule has 0 aromatic heterocycles. The second kappa shape index (κ2) is 5.50. The van der Waals surface area contributed by atoms with Crippen LogP contribution in [-0.2, 0) is 4.79 Å². The van der Waals surface area contributed by atoms with Gasteiger partial charge in [-0.15, -0.1) is 0 Å². The number of amides is 1. The summed E-state index contributed by atoms with van der Waals surface area (Å²) in [6, 6.07) is 0.738. The summed E-state index contributed by atoms with van der Waals surface area (Å²) >= 11 is 0. The highest BCUT2D eigenvalue weighted by Crippen LogP contribution is 2.15. The number of nitrogens with zero attached hydrogens (tertiary/aromatic N) is 1. The molecule has 1 heterocycles. The third-order valence-electron chi connectivity index (χ3n) is 3.46. The second-order valence-electron chi connectivity index (χ2n) is 4.70. The lowest BCUT2D eigenvalue weighted by Crippen LogP contribution is -2.58. The zero-order chi connectivity index (χ0) is 11.4. The summed E-state index contributed by atoms with van der Waals surface area (Å²) in [5.74, 6) is 0.514. The first kappa shape index (κ1) is 12.5. The summed E-state index contributed by atoms with van der Waals surface area (Å²) in [5, 5.41) is 3.39. The first-order valence-corrected chi connectivity index (χ1v) is 6.11. The van der Waals surface area contributed by atoms with Crippen molar-refractivity contribution < 1.29 is 4.79 Å². The minimum absolute atomic E-state index is 0.183. The Labute approximate surface area is 93.2 Å². The maximum Gasteiger partial charge on any atom is 0.225 e. The van der Waals surface area contributed by atoms with Crippen LogP contribution in [0.4, 0.5) is 0 Å². The van der Waals surface area contributed by atoms with Gasteiger partial charge in [0.25, 0.3) is 0 Å². The van der Waals surface area contributed by atoms with Crippen LogP contribution in [0.5, 0.6) is 0 Å². The molecule has 3 nitrogen and oxygen atoms in total. The van der Waals surface area contributed by atoms with Crippen LogP contribution in [-0.4, -0.2) is 36.0 Å². The van der Waals surface area contributed by atoms with Crippen LogP contribution < -0.4 is 5.32 Å². The van der Waals surface area contributed by atoms with E-state index in [0.717, 1.165) is 25.9 Å². The van der Waals surface area contributed by atoms with E-state index < -0.39 is 0 Å². The van der Waals surface area contributed by atoms with E-state index in [2.05, 4.69) is 26.1 Å². The molecule has 0 aromatic carbocycles. The highest BCUT2D eigenvalue weighted by atomic mass is 16.2. The predicted octanol–water partition coefficient (Wildman–Crippen LogP) is 1.63. The quantitative estimate of drug-likeness (QED) is 0.771. The standard InChI is InChI=1S/C12H24N2O/c1-5-6-9(2)12(15)14-8-7-13-10(3)11(14)4/h9-11,13H,5-8H2,1-4H3. The predicted molar refractivity (Wildman–Crippen MR) is 62.7 cm³/mol. The van der Waals surface area contributed by atoms with Gasteiger partial charge in [-0.05, 0) is 20.3 Å². The molecule has 15 heavy (non-hydrogen) atoms. The van der Waals surface area contributed by atoms with E-state index in [1.165, 1.54) is 0 Å². The lowest BCUT2D eigenvalue weighted by atomic mass is 10.0. The number of rotatable bonds is 3. The minimum atomic E-state index is 0.183. The third kappa shape index (κ3) is 2.94. The molecule has 1 amide bonds. The van der Waals surface area contributed by atoms with Crippen molar-refractivity contribution >= 4 is 5.91 Å². The number of carbonyl (C=O) groups excluding carboxylic acids is 1. The lowest BCUT2D eigenvalue weighted by Gasteiger charge is -2.39. The summed E-state index contributed by atoms with van der Waals surface area (Å²) in [6.07, 6.45) is 2.09. The topological polar surface area (TPSA) is 32.3 Å². The molecular weight excluding hydrogens is 188 g/mol. The van der Waals surface area contributed by atoms with Gasteiger partial charge >= 0.3 is 0 Å². The zero-order valence-corrected chi connectivity index (χ0v) is 10.4. The van der Waals surface area contributed by atoms with Gasteiger partial charge < -0.3 is 10.2 Å². The molecule has 1 aliphatic heterocycles. The molecule has 1 fully saturated rings. The van der Waals surface area contributed by atoms with Gasteiger partial charge in [0, 0.05) is 31.1 Å². The fourth-order valence-electron chi connectivity index (χ4n) is 2.21. The Hall–Kier alpha value is -0.570. The number of hydrogen-bond donors (Lipinski definition) is 1. The van der Waals surface area contributed by atoms with Crippen LogP contribution in [0.15, 0.2) is 0 Å². The van der Waals surface area contributed by atoms with Gasteiger partial charge in [0.1, 0.15) is 0 Å². The van der Waals surface area contributed by atoms with Crippen molar-refractivity contribution in [1.82, 2.24) is 10.2 Å². The van der Waals surface area contributed by atoms with Gasteiger partial charge in [-0.2, -0.15) is 0 Å². The zero-order valence-electron chi connectivity index (χ0n) is 10.4. The van der Waals surface area contributed by atoms with Gasteiger partial charge in [-0.1, -0.05) is 20.3 Å². The van der Waals surface area contributed by atoms with E-state index in [-0.39, 0.29) is 5.92 Å². The summed E-state index contributed by atoms with van der Waals surface area (Å²) in [7, 11) is 0. The Kier molecular flexibility index (Phi) is 4.58. The van der Waals surface area contributed by atoms with Crippen molar-refractivity contribution in [2.45, 2.75) is 52.6 Å². The van der Waals surface area contributed by atoms with Crippen LogP contribution in [0.25, 0.3) is 0 Å². The molecule has 0 radical (unpaired) electrons. The van der Waals surface area contributed by atoms with E-state index in [1.54, 1.807) is 0 Å². The van der Waals surface area contributed by atoms with E-state index in [0.29, 0.717) is 18.0 Å². The Balaban J connectivity index is 2.57. The Morgan fingerprint density at radius 3 is 2.80 bits per heavy atom. The lowest BCUT2D eigenvalue weighted by molar-refractivity contribution is -0.138. The molecule has 0 saturated carbocycles. The first-order chi connectivity index (χ1) is 7.07. The summed E-state index contributed by atoms with van der Waals surface area (Å²) < 4.78 is 0. The van der Waals surface area contributed by atoms with Crippen molar-refractivity contribution in [2.24, 2.45) is 5.92 Å². The fraction of sp³-hybridized carbons (Fsp3) is 0.917. The fourth-order valence-corrected chi connectivity index (χ4v) is 2.21. The van der Waals surface area contributed by atoms with Crippen LogP contribution >= 0.6 is 0 Å². The Bertz CT molecular complexity index is 218. The Morgan fingerprint density at radius 2 is 2.20 bits per heavy atom. The summed E-state index contributed by atoms with van der Waals surface area (Å²) in [4.78, 5) is 14.2. The van der Waals surface area contributed by atoms with Crippen LogP contribution in [0.2, 0.25) is 0 Å². The molecule has 3 heteroatoms. The minimum Gasteiger partial charge on any atom is -0.337 e. The van der Waals surface area contributed by atoms with Crippen LogP contribution in [0.3, 0.4) is 0 Å². The molecule has 3 unspecified atom stereocenters. The molecule has 1 N–H and O–H groups in total. The average Bonchev–Trinajstić information content (AvgIpc) is 2.21. The molecule has 1 aliphatic rings. The third-order valence-corrected chi connectivity index (χ3v) is 3.46. The van der Waals surface area contributed by atoms with Crippen LogP contribution in [0.1, 0.15) is 40.5 Å². The molecule has 0 bridgehead atoms. The van der Waals surface area contributed by atoms with E-state index in [9.17, 15) is 4.79 Å². The largest absolute Gasteiger partial charge is 0.337 e. The summed E-state index contributed by atoms with van der Waals surface area (Å²) in [5.41, 5.74) is 0. The van der Waals surface area contributed by atoms with Gasteiger partial charge in [0.15, 0.2) is 0 Å². The monoisotopic (exact) mass is 212 g/mol. The van der Waals surface area contributed by atoms with Crippen molar-refractivity contribution in [2.75, 3.05) is 13.1 Å². The van der Waals surface area contributed by atoms with E-state index >= 15 is 0 Å². The van der Waals surface area contributed by atoms with E-state index in [1.807, 2.05) is 11.8 Å². The van der Waals surface area contributed by atoms with Crippen molar-refractivity contribution in [1.29, 1.82) is 0 Å². The average molecular weight is 212 g/mol. The highest BCUT2D eigenvalue weighted by molar-refractivity contribution is 5.79. The second-order valence-corrected chi connectivity index (χ2v) is 4.70. The molecule has 0 spiro atoms. The van der Waals surface area contributed by atoms with Crippen molar-refractivity contribution in [3.05, 3.63) is 0 Å². The SMILES string of the molecule is CCCC(C)C(=O)N1CCNC(C)C1C. The first-order valence-electron chi connectivity index (χ1n) is 6.11.